The van der Waals surface area contributed by atoms with E-state index >= 15 is 0 Å². The smallest absolute Gasteiger partial charge is 0.141 e. The van der Waals surface area contributed by atoms with Crippen molar-refractivity contribution < 1.29 is 20.1 Å². The Morgan fingerprint density at radius 1 is 1.17 bits per heavy atom. The first-order chi connectivity index (χ1) is 16.6. The van der Waals surface area contributed by atoms with E-state index in [9.17, 15) is 20.1 Å². The molecule has 0 bridgehead atoms. The SMILES string of the molecule is C=C1C(=CC=C2CCC[C@]3(C)[C@@H]([C@H](C)C=C[C@@H](O)C4(C(=O)CCC)CC4)CC[C@@H]23)C[C@@H](O)C[C@@H]1O. The van der Waals surface area contributed by atoms with Crippen molar-refractivity contribution in [1.29, 1.82) is 0 Å². The molecule has 0 spiro atoms. The largest absolute Gasteiger partial charge is 0.393 e. The molecule has 0 aromatic carbocycles. The maximum atomic E-state index is 12.5. The number of fused-ring (bicyclic) bond motifs is 1. The highest BCUT2D eigenvalue weighted by Gasteiger charge is 2.54. The summed E-state index contributed by atoms with van der Waals surface area (Å²) in [7, 11) is 0. The van der Waals surface area contributed by atoms with Gasteiger partial charge in [-0.15, -0.1) is 0 Å². The number of carbonyl (C=O) groups excluding carboxylic acids is 1. The second kappa shape index (κ2) is 10.5. The molecule has 4 fully saturated rings. The average Bonchev–Trinajstić information content (AvgIpc) is 3.55. The number of aliphatic hydroxyl groups is 3. The third kappa shape index (κ3) is 5.17. The van der Waals surface area contributed by atoms with Gasteiger partial charge in [-0.3, -0.25) is 4.79 Å². The van der Waals surface area contributed by atoms with E-state index in [1.165, 1.54) is 31.3 Å². The van der Waals surface area contributed by atoms with Crippen LogP contribution in [-0.4, -0.2) is 39.4 Å². The minimum absolute atomic E-state index is 0.231. The van der Waals surface area contributed by atoms with Gasteiger partial charge in [-0.1, -0.05) is 57.2 Å². The molecule has 4 heteroatoms. The zero-order valence-electron chi connectivity index (χ0n) is 22.0. The molecule has 4 rings (SSSR count). The molecule has 35 heavy (non-hydrogen) atoms. The quantitative estimate of drug-likeness (QED) is 0.380. The number of ketones is 1. The van der Waals surface area contributed by atoms with E-state index in [0.29, 0.717) is 37.0 Å². The van der Waals surface area contributed by atoms with Crippen molar-refractivity contribution >= 4 is 5.78 Å². The molecule has 3 N–H and O–H groups in total. The molecule has 0 heterocycles. The van der Waals surface area contributed by atoms with Gasteiger partial charge < -0.3 is 15.3 Å². The Bertz CT molecular complexity index is 907. The summed E-state index contributed by atoms with van der Waals surface area (Å²) in [5.41, 5.74) is 2.94. The lowest BCUT2D eigenvalue weighted by atomic mass is 9.61. The molecule has 0 aliphatic heterocycles. The Hall–Kier alpha value is -1.49. The number of rotatable bonds is 8. The van der Waals surface area contributed by atoms with Gasteiger partial charge in [0.05, 0.1) is 23.7 Å². The van der Waals surface area contributed by atoms with Gasteiger partial charge in [-0.2, -0.15) is 0 Å². The van der Waals surface area contributed by atoms with Crippen molar-refractivity contribution in [2.24, 2.45) is 28.6 Å². The highest BCUT2D eigenvalue weighted by atomic mass is 16.3. The lowest BCUT2D eigenvalue weighted by Crippen LogP contribution is -2.35. The lowest BCUT2D eigenvalue weighted by molar-refractivity contribution is -0.127. The third-order valence-corrected chi connectivity index (χ3v) is 9.92. The lowest BCUT2D eigenvalue weighted by Gasteiger charge is -2.44. The number of hydrogen-bond acceptors (Lipinski definition) is 4. The van der Waals surface area contributed by atoms with Gasteiger partial charge in [0.25, 0.3) is 0 Å². The molecule has 4 nitrogen and oxygen atoms in total. The summed E-state index contributed by atoms with van der Waals surface area (Å²) in [5, 5.41) is 31.1. The van der Waals surface area contributed by atoms with E-state index in [1.807, 2.05) is 13.0 Å². The van der Waals surface area contributed by atoms with Gasteiger partial charge in [0.1, 0.15) is 5.78 Å². The molecule has 0 aromatic heterocycles. The van der Waals surface area contributed by atoms with Crippen LogP contribution in [0.3, 0.4) is 0 Å². The highest BCUT2D eigenvalue weighted by molar-refractivity contribution is 5.88. The van der Waals surface area contributed by atoms with Crippen LogP contribution in [0.25, 0.3) is 0 Å². The molecule has 0 amide bonds. The second-order valence-corrected chi connectivity index (χ2v) is 12.2. The summed E-state index contributed by atoms with van der Waals surface area (Å²) < 4.78 is 0. The van der Waals surface area contributed by atoms with Crippen molar-refractivity contribution in [2.75, 3.05) is 0 Å². The number of hydrogen-bond donors (Lipinski definition) is 3. The first-order valence-electron chi connectivity index (χ1n) is 14.0. The van der Waals surface area contributed by atoms with Gasteiger partial charge in [0.15, 0.2) is 0 Å². The van der Waals surface area contributed by atoms with E-state index in [-0.39, 0.29) is 11.2 Å². The maximum absolute atomic E-state index is 12.5. The fraction of sp³-hybridized carbons (Fsp3) is 0.710. The molecule has 0 unspecified atom stereocenters. The van der Waals surface area contributed by atoms with Crippen molar-refractivity contribution in [3.8, 4) is 0 Å². The number of aliphatic hydroxyl groups excluding tert-OH is 3. The Balaban J connectivity index is 1.45. The van der Waals surface area contributed by atoms with Gasteiger partial charge in [0.2, 0.25) is 0 Å². The van der Waals surface area contributed by atoms with E-state index in [2.05, 4.69) is 38.7 Å². The van der Waals surface area contributed by atoms with E-state index in [0.717, 1.165) is 36.8 Å². The summed E-state index contributed by atoms with van der Waals surface area (Å²) in [6.45, 7) is 10.8. The topological polar surface area (TPSA) is 77.8 Å². The molecular formula is C31H46O4. The van der Waals surface area contributed by atoms with Crippen molar-refractivity contribution in [3.05, 3.63) is 47.6 Å². The van der Waals surface area contributed by atoms with Crippen molar-refractivity contribution in [3.63, 3.8) is 0 Å². The van der Waals surface area contributed by atoms with Crippen LogP contribution in [-0.2, 0) is 4.79 Å². The zero-order valence-corrected chi connectivity index (χ0v) is 22.0. The van der Waals surface area contributed by atoms with Crippen molar-refractivity contribution in [1.82, 2.24) is 0 Å². The Kier molecular flexibility index (Phi) is 7.95. The monoisotopic (exact) mass is 482 g/mol. The predicted octanol–water partition coefficient (Wildman–Crippen LogP) is 5.83. The van der Waals surface area contributed by atoms with Crippen LogP contribution in [0.4, 0.5) is 0 Å². The summed E-state index contributed by atoms with van der Waals surface area (Å²) in [5.74, 6) is 1.70. The average molecular weight is 483 g/mol. The molecule has 194 valence electrons. The van der Waals surface area contributed by atoms with Crippen LogP contribution in [0.15, 0.2) is 47.6 Å². The summed E-state index contributed by atoms with van der Waals surface area (Å²) in [6.07, 6.45) is 16.6. The van der Waals surface area contributed by atoms with E-state index in [1.54, 1.807) is 0 Å². The Labute approximate surface area is 211 Å². The van der Waals surface area contributed by atoms with Crippen LogP contribution in [0.2, 0.25) is 0 Å². The molecule has 7 atom stereocenters. The Morgan fingerprint density at radius 3 is 2.60 bits per heavy atom. The Morgan fingerprint density at radius 2 is 1.91 bits per heavy atom. The van der Waals surface area contributed by atoms with Crippen LogP contribution in [0, 0.1) is 28.6 Å². The van der Waals surface area contributed by atoms with Gasteiger partial charge in [-0.05, 0) is 92.1 Å². The van der Waals surface area contributed by atoms with Crippen LogP contribution < -0.4 is 0 Å². The molecule has 0 aromatic rings. The molecule has 4 saturated carbocycles. The van der Waals surface area contributed by atoms with E-state index < -0.39 is 23.7 Å². The normalized spacial score (nSPS) is 38.6. The molecule has 0 radical (unpaired) electrons. The predicted molar refractivity (Wildman–Crippen MR) is 141 cm³/mol. The fourth-order valence-corrected chi connectivity index (χ4v) is 7.56. The molecule has 4 aliphatic rings. The maximum Gasteiger partial charge on any atom is 0.141 e. The first kappa shape index (κ1) is 26.6. The molecular weight excluding hydrogens is 436 g/mol. The van der Waals surface area contributed by atoms with Crippen LogP contribution >= 0.6 is 0 Å². The summed E-state index contributed by atoms with van der Waals surface area (Å²) in [6, 6.07) is 0. The fourth-order valence-electron chi connectivity index (χ4n) is 7.56. The number of allylic oxidation sites excluding steroid dienone is 4. The highest BCUT2D eigenvalue weighted by Crippen LogP contribution is 2.59. The minimum atomic E-state index is -0.656. The first-order valence-corrected chi connectivity index (χ1v) is 14.0. The van der Waals surface area contributed by atoms with E-state index in [4.69, 9.17) is 0 Å². The molecule has 0 saturated heterocycles. The van der Waals surface area contributed by atoms with Gasteiger partial charge in [-0.25, -0.2) is 0 Å². The second-order valence-electron chi connectivity index (χ2n) is 12.2. The summed E-state index contributed by atoms with van der Waals surface area (Å²) in [4.78, 5) is 12.5. The summed E-state index contributed by atoms with van der Waals surface area (Å²) >= 11 is 0. The third-order valence-electron chi connectivity index (χ3n) is 9.92. The standard InChI is InChI=1S/C31H46O4/c1-5-7-28(34)31(16-17-31)29(35)14-9-20(2)25-12-13-26-22(8-6-15-30(25,26)4)10-11-23-18-24(32)19-27(33)21(23)3/h9-11,14,20,24-27,29,32-33,35H,3,5-8,12-13,15-19H2,1-2,4H3/t20-,24-,25-,26+,27+,29-,30-/m1/s1. The van der Waals surface area contributed by atoms with Crippen LogP contribution in [0.5, 0.6) is 0 Å². The molecule has 4 aliphatic carbocycles. The zero-order chi connectivity index (χ0) is 25.4. The minimum Gasteiger partial charge on any atom is -0.393 e. The van der Waals surface area contributed by atoms with Gasteiger partial charge in [0, 0.05) is 12.8 Å². The van der Waals surface area contributed by atoms with Crippen LogP contribution in [0.1, 0.15) is 91.4 Å². The van der Waals surface area contributed by atoms with Crippen molar-refractivity contribution in [2.45, 2.75) is 110 Å². The van der Waals surface area contributed by atoms with Gasteiger partial charge >= 0.3 is 0 Å². The number of Topliss-reactive ketones (excluding diaryl/α,β-unsaturated/α-hetero) is 1. The number of carbonyl (C=O) groups is 1.